The molecule has 2 bridgehead atoms. The molecule has 2 saturated heterocycles. The zero-order valence-corrected chi connectivity index (χ0v) is 23.9. The van der Waals surface area contributed by atoms with Crippen LogP contribution in [-0.2, 0) is 7.05 Å². The molecule has 6 rings (SSSR count). The summed E-state index contributed by atoms with van der Waals surface area (Å²) in [7, 11) is 3.61. The van der Waals surface area contributed by atoms with Crippen LogP contribution in [0.1, 0.15) is 65.8 Å². The molecular formula is C32H41N5O2. The van der Waals surface area contributed by atoms with Gasteiger partial charge in [-0.3, -0.25) is 14.4 Å². The number of carbonyl (C=O) groups excluding carboxylic acids is 1. The molecule has 1 aliphatic carbocycles. The zero-order valence-electron chi connectivity index (χ0n) is 23.9. The molecule has 3 atom stereocenters. The van der Waals surface area contributed by atoms with Crippen LogP contribution in [0.15, 0.2) is 42.6 Å². The Morgan fingerprint density at radius 3 is 2.44 bits per heavy atom. The molecule has 0 radical (unpaired) electrons. The number of nitrogens with zero attached hydrogens (tertiary/aromatic N) is 4. The third-order valence-electron chi connectivity index (χ3n) is 9.01. The molecule has 7 heteroatoms. The Morgan fingerprint density at radius 1 is 1.05 bits per heavy atom. The van der Waals surface area contributed by atoms with E-state index in [4.69, 9.17) is 4.74 Å². The summed E-state index contributed by atoms with van der Waals surface area (Å²) < 4.78 is 7.47. The molecule has 3 aromatic rings. The number of piperazine rings is 1. The monoisotopic (exact) mass is 527 g/mol. The van der Waals surface area contributed by atoms with Crippen molar-refractivity contribution in [2.45, 2.75) is 64.6 Å². The van der Waals surface area contributed by atoms with Gasteiger partial charge in [-0.1, -0.05) is 12.1 Å². The highest BCUT2D eigenvalue weighted by Crippen LogP contribution is 2.38. The van der Waals surface area contributed by atoms with Crippen LogP contribution in [0.4, 0.5) is 5.69 Å². The first-order valence-electron chi connectivity index (χ1n) is 14.4. The molecule has 0 spiro atoms. The molecule has 39 heavy (non-hydrogen) atoms. The number of carbonyl (C=O) groups is 1. The fraction of sp³-hybridized carbons (Fsp3) is 0.500. The predicted octanol–water partition coefficient (Wildman–Crippen LogP) is 5.27. The van der Waals surface area contributed by atoms with Crippen molar-refractivity contribution in [3.8, 4) is 16.9 Å². The lowest BCUT2D eigenvalue weighted by Gasteiger charge is -2.42. The molecule has 2 aromatic carbocycles. The van der Waals surface area contributed by atoms with Crippen molar-refractivity contribution in [2.75, 3.05) is 31.6 Å². The number of aryl methyl sites for hydroxylation is 3. The van der Waals surface area contributed by atoms with Gasteiger partial charge in [0, 0.05) is 67.3 Å². The second kappa shape index (κ2) is 10.3. The molecule has 3 heterocycles. The van der Waals surface area contributed by atoms with Crippen LogP contribution in [-0.4, -0.2) is 59.4 Å². The lowest BCUT2D eigenvalue weighted by Crippen LogP contribution is -2.54. The molecule has 3 aliphatic rings. The Morgan fingerprint density at radius 2 is 1.79 bits per heavy atom. The smallest absolute Gasteiger partial charge is 0.252 e. The third kappa shape index (κ3) is 5.17. The summed E-state index contributed by atoms with van der Waals surface area (Å²) >= 11 is 0. The van der Waals surface area contributed by atoms with Crippen LogP contribution in [0.5, 0.6) is 5.75 Å². The van der Waals surface area contributed by atoms with Crippen molar-refractivity contribution in [3.63, 3.8) is 0 Å². The number of benzene rings is 2. The minimum Gasteiger partial charge on any atom is -0.496 e. The molecule has 1 saturated carbocycles. The molecule has 1 amide bonds. The van der Waals surface area contributed by atoms with E-state index in [0.717, 1.165) is 58.3 Å². The molecule has 7 nitrogen and oxygen atoms in total. The van der Waals surface area contributed by atoms with Gasteiger partial charge in [0.1, 0.15) is 5.75 Å². The fourth-order valence-corrected chi connectivity index (χ4v) is 6.58. The van der Waals surface area contributed by atoms with Gasteiger partial charge >= 0.3 is 0 Å². The van der Waals surface area contributed by atoms with Crippen molar-refractivity contribution in [2.24, 2.45) is 13.0 Å². The normalized spacial score (nSPS) is 21.7. The summed E-state index contributed by atoms with van der Waals surface area (Å²) in [6, 6.07) is 13.6. The molecule has 3 fully saturated rings. The van der Waals surface area contributed by atoms with Crippen LogP contribution in [0.2, 0.25) is 0 Å². The minimum atomic E-state index is -0.163. The van der Waals surface area contributed by atoms with Gasteiger partial charge in [0.15, 0.2) is 0 Å². The number of ether oxygens (including phenoxy) is 1. The number of amides is 1. The largest absolute Gasteiger partial charge is 0.496 e. The molecular weight excluding hydrogens is 486 g/mol. The number of aromatic nitrogens is 2. The van der Waals surface area contributed by atoms with Gasteiger partial charge < -0.3 is 15.0 Å². The SMILES string of the molecule is COc1ccc([C@@H](C)NC(=O)c2cc(N3C[C@H]4CC[C@@H](C3)N4CC3CC3)ccc2C)cc1-c1cn(C)nc1C. The standard InChI is InChI=1S/C32H41N5O2/c1-20-6-10-25(36-17-26-11-12-27(18-36)37(26)16-23-7-8-23)15-28(20)32(38)33-21(2)24-9-13-31(39-5)29(14-24)30-19-35(4)34-22(30)3/h6,9-10,13-15,19,21,23,26-27H,7-8,11-12,16-18H2,1-5H3,(H,33,38)/t21-,26-,27+/m1/s1. The maximum Gasteiger partial charge on any atom is 0.252 e. The van der Waals surface area contributed by atoms with E-state index >= 15 is 0 Å². The first-order chi connectivity index (χ1) is 18.8. The maximum absolute atomic E-state index is 13.6. The number of fused-ring (bicyclic) bond motifs is 2. The predicted molar refractivity (Wildman–Crippen MR) is 155 cm³/mol. The van der Waals surface area contributed by atoms with Crippen molar-refractivity contribution < 1.29 is 9.53 Å². The lowest BCUT2D eigenvalue weighted by atomic mass is 9.99. The first kappa shape index (κ1) is 25.9. The van der Waals surface area contributed by atoms with E-state index < -0.39 is 0 Å². The van der Waals surface area contributed by atoms with Gasteiger partial charge in [-0.25, -0.2) is 0 Å². The highest BCUT2D eigenvalue weighted by atomic mass is 16.5. The van der Waals surface area contributed by atoms with Crippen molar-refractivity contribution in [3.05, 3.63) is 65.0 Å². The highest BCUT2D eigenvalue weighted by molar-refractivity contribution is 5.97. The number of hydrogen-bond acceptors (Lipinski definition) is 5. The van der Waals surface area contributed by atoms with Crippen LogP contribution >= 0.6 is 0 Å². The second-order valence-corrected chi connectivity index (χ2v) is 11.9. The van der Waals surface area contributed by atoms with Gasteiger partial charge in [0.05, 0.1) is 18.8 Å². The maximum atomic E-state index is 13.6. The van der Waals surface area contributed by atoms with Gasteiger partial charge in [-0.2, -0.15) is 5.10 Å². The number of rotatable bonds is 8. The Labute approximate surface area is 232 Å². The quantitative estimate of drug-likeness (QED) is 0.433. The van der Waals surface area contributed by atoms with Crippen LogP contribution in [0.25, 0.3) is 11.1 Å². The highest BCUT2D eigenvalue weighted by Gasteiger charge is 2.42. The minimum absolute atomic E-state index is 0.0351. The number of methoxy groups -OCH3 is 1. The van der Waals surface area contributed by atoms with Gasteiger partial charge in [-0.15, -0.1) is 0 Å². The van der Waals surface area contributed by atoms with Crippen molar-refractivity contribution in [1.82, 2.24) is 20.0 Å². The van der Waals surface area contributed by atoms with Crippen LogP contribution in [0, 0.1) is 19.8 Å². The van der Waals surface area contributed by atoms with E-state index in [9.17, 15) is 4.79 Å². The summed E-state index contributed by atoms with van der Waals surface area (Å²) in [6.45, 7) is 9.47. The van der Waals surface area contributed by atoms with E-state index in [2.05, 4.69) is 44.5 Å². The summed E-state index contributed by atoms with van der Waals surface area (Å²) in [5.74, 6) is 1.70. The van der Waals surface area contributed by atoms with E-state index in [0.29, 0.717) is 12.1 Å². The molecule has 1 aromatic heterocycles. The zero-order chi connectivity index (χ0) is 27.3. The van der Waals surface area contributed by atoms with Crippen LogP contribution < -0.4 is 15.0 Å². The number of anilines is 1. The Kier molecular flexibility index (Phi) is 6.88. The Bertz CT molecular complexity index is 1360. The molecule has 206 valence electrons. The summed E-state index contributed by atoms with van der Waals surface area (Å²) in [6.07, 6.45) is 7.43. The van der Waals surface area contributed by atoms with Crippen molar-refractivity contribution >= 4 is 11.6 Å². The molecule has 0 unspecified atom stereocenters. The number of nitrogens with one attached hydrogen (secondary N) is 1. The Hall–Kier alpha value is -3.32. The van der Waals surface area contributed by atoms with Gasteiger partial charge in [0.2, 0.25) is 0 Å². The lowest BCUT2D eigenvalue weighted by molar-refractivity contribution is 0.0939. The third-order valence-corrected chi connectivity index (χ3v) is 9.01. The average Bonchev–Trinajstić information content (AvgIpc) is 3.63. The topological polar surface area (TPSA) is 62.6 Å². The Balaban J connectivity index is 1.18. The molecule has 1 N–H and O–H groups in total. The summed E-state index contributed by atoms with van der Waals surface area (Å²) in [5.41, 5.74) is 6.91. The van der Waals surface area contributed by atoms with E-state index in [1.165, 1.54) is 37.9 Å². The van der Waals surface area contributed by atoms with Crippen molar-refractivity contribution in [1.29, 1.82) is 0 Å². The van der Waals surface area contributed by atoms with Crippen LogP contribution in [0.3, 0.4) is 0 Å². The fourth-order valence-electron chi connectivity index (χ4n) is 6.58. The van der Waals surface area contributed by atoms with E-state index in [1.54, 1.807) is 7.11 Å². The first-order valence-corrected chi connectivity index (χ1v) is 14.4. The molecule has 2 aliphatic heterocycles. The van der Waals surface area contributed by atoms with E-state index in [-0.39, 0.29) is 11.9 Å². The van der Waals surface area contributed by atoms with Gasteiger partial charge in [-0.05, 0) is 87.8 Å². The number of hydrogen-bond donors (Lipinski definition) is 1. The van der Waals surface area contributed by atoms with Gasteiger partial charge in [0.25, 0.3) is 5.91 Å². The second-order valence-electron chi connectivity index (χ2n) is 11.9. The summed E-state index contributed by atoms with van der Waals surface area (Å²) in [5, 5.41) is 7.76. The summed E-state index contributed by atoms with van der Waals surface area (Å²) in [4.78, 5) is 18.9. The average molecular weight is 528 g/mol. The van der Waals surface area contributed by atoms with E-state index in [1.807, 2.05) is 50.8 Å².